The molecule has 0 aliphatic carbocycles. The third-order valence-electron chi connectivity index (χ3n) is 6.31. The van der Waals surface area contributed by atoms with E-state index in [1.165, 1.54) is 0 Å². The molecule has 3 N–H and O–H groups in total. The number of hydrogen-bond acceptors (Lipinski definition) is 7. The number of piperidine rings is 1. The van der Waals surface area contributed by atoms with E-state index < -0.39 is 31.0 Å². The fourth-order valence-electron chi connectivity index (χ4n) is 4.47. The average Bonchev–Trinajstić information content (AvgIpc) is 3.53. The number of hydrogen-bond donors (Lipinski definition) is 3. The summed E-state index contributed by atoms with van der Waals surface area (Å²) in [5, 5.41) is 18.1. The molecule has 2 aromatic heterocycles. The van der Waals surface area contributed by atoms with Gasteiger partial charge in [0.25, 0.3) is 0 Å². The van der Waals surface area contributed by atoms with Crippen LogP contribution in [0, 0.1) is 0 Å². The Hall–Kier alpha value is -3.71. The fourth-order valence-corrected chi connectivity index (χ4v) is 5.28. The van der Waals surface area contributed by atoms with Gasteiger partial charge in [-0.2, -0.15) is 13.2 Å². The quantitative estimate of drug-likeness (QED) is 0.254. The van der Waals surface area contributed by atoms with Crippen LogP contribution in [0.4, 0.5) is 28.0 Å². The van der Waals surface area contributed by atoms with E-state index in [1.54, 1.807) is 24.3 Å². The van der Waals surface area contributed by atoms with Crippen LogP contribution in [-0.2, 0) is 24.4 Å². The lowest BCUT2D eigenvalue weighted by atomic mass is 10.0. The zero-order valence-electron chi connectivity index (χ0n) is 20.7. The van der Waals surface area contributed by atoms with Gasteiger partial charge in [-0.15, -0.1) is 10.2 Å². The number of carbonyl (C=O) groups is 1. The lowest BCUT2D eigenvalue weighted by molar-refractivity contribution is -0.139. The maximum Gasteiger partial charge on any atom is 0.407 e. The number of nitrogens with zero attached hydrogens (tertiary/aromatic N) is 3. The third kappa shape index (κ3) is 6.66. The molecule has 5 rings (SSSR count). The van der Waals surface area contributed by atoms with Crippen molar-refractivity contribution in [1.82, 2.24) is 25.4 Å². The van der Waals surface area contributed by atoms with Crippen molar-refractivity contribution >= 4 is 34.0 Å². The number of alkyl carbamates (subject to hydrolysis) is 1. The molecular weight excluding hydrogens is 536 g/mol. The van der Waals surface area contributed by atoms with E-state index in [0.717, 1.165) is 21.5 Å². The van der Waals surface area contributed by atoms with E-state index in [9.17, 15) is 22.4 Å². The van der Waals surface area contributed by atoms with Crippen LogP contribution in [0.2, 0.25) is 0 Å². The number of alkyl halides is 4. The normalized spacial score (nSPS) is 17.7. The third-order valence-corrected chi connectivity index (χ3v) is 7.26. The molecule has 4 aromatic rings. The van der Waals surface area contributed by atoms with Crippen molar-refractivity contribution in [2.75, 3.05) is 18.4 Å². The van der Waals surface area contributed by atoms with Gasteiger partial charge in [0.05, 0.1) is 23.8 Å². The molecule has 1 aliphatic rings. The van der Waals surface area contributed by atoms with Crippen LogP contribution >= 0.6 is 11.3 Å². The molecule has 0 radical (unpaired) electrons. The predicted molar refractivity (Wildman–Crippen MR) is 140 cm³/mol. The summed E-state index contributed by atoms with van der Waals surface area (Å²) in [6.07, 6.45) is -5.71. The summed E-state index contributed by atoms with van der Waals surface area (Å²) in [6.45, 7) is -0.258. The Balaban J connectivity index is 1.35. The summed E-state index contributed by atoms with van der Waals surface area (Å²) in [4.78, 5) is 12.1. The summed E-state index contributed by atoms with van der Waals surface area (Å²) in [6, 6.07) is 15.3. The van der Waals surface area contributed by atoms with Crippen LogP contribution in [0.1, 0.15) is 17.0 Å². The summed E-state index contributed by atoms with van der Waals surface area (Å²) < 4.78 is 61.5. The van der Waals surface area contributed by atoms with Gasteiger partial charge in [0.2, 0.25) is 0 Å². The highest BCUT2D eigenvalue weighted by Crippen LogP contribution is 2.36. The number of fused-ring (bicyclic) bond motifs is 1. The van der Waals surface area contributed by atoms with Crippen molar-refractivity contribution in [3.63, 3.8) is 0 Å². The Kier molecular flexibility index (Phi) is 7.98. The van der Waals surface area contributed by atoms with E-state index in [2.05, 4.69) is 26.1 Å². The Morgan fingerprint density at radius 1 is 1.15 bits per heavy atom. The van der Waals surface area contributed by atoms with Gasteiger partial charge in [-0.1, -0.05) is 47.7 Å². The minimum atomic E-state index is -4.49. The molecule has 0 bridgehead atoms. The van der Waals surface area contributed by atoms with E-state index in [-0.39, 0.29) is 30.4 Å². The van der Waals surface area contributed by atoms with Gasteiger partial charge >= 0.3 is 12.3 Å². The fraction of sp³-hybridized carbons (Fsp3) is 0.346. The summed E-state index contributed by atoms with van der Waals surface area (Å²) in [7, 11) is 0. The topological polar surface area (TPSA) is 93.1 Å². The number of amides is 1. The Bertz CT molecular complexity index is 1430. The van der Waals surface area contributed by atoms with Gasteiger partial charge in [0, 0.05) is 17.6 Å². The first kappa shape index (κ1) is 26.9. The Morgan fingerprint density at radius 2 is 1.97 bits per heavy atom. The zero-order chi connectivity index (χ0) is 27.4. The van der Waals surface area contributed by atoms with Gasteiger partial charge in [-0.3, -0.25) is 0 Å². The van der Waals surface area contributed by atoms with Crippen molar-refractivity contribution in [2.45, 2.75) is 44.5 Å². The first-order chi connectivity index (χ1) is 18.8. The molecule has 8 nitrogen and oxygen atoms in total. The highest BCUT2D eigenvalue weighted by molar-refractivity contribution is 7.14. The maximum atomic E-state index is 14.4. The molecule has 1 saturated heterocycles. The number of benzene rings is 2. The van der Waals surface area contributed by atoms with Crippen LogP contribution in [-0.4, -0.2) is 52.3 Å². The van der Waals surface area contributed by atoms with Crippen LogP contribution in [0.25, 0.3) is 21.6 Å². The van der Waals surface area contributed by atoms with Crippen molar-refractivity contribution in [3.05, 3.63) is 65.2 Å². The molecule has 206 valence electrons. The maximum absolute atomic E-state index is 14.4. The molecule has 1 fully saturated rings. The molecule has 13 heteroatoms. The SMILES string of the molecule is O=C(NCc1nnc(-c2cc3c(N[C@@H]4CCNC[C@@H]4F)cccc3n2CC(F)(F)F)s1)OCc1ccccc1. The molecule has 0 unspecified atom stereocenters. The summed E-state index contributed by atoms with van der Waals surface area (Å²) in [5.74, 6) is 0. The number of nitrogens with one attached hydrogen (secondary N) is 3. The molecule has 0 spiro atoms. The number of rotatable bonds is 8. The van der Waals surface area contributed by atoms with Crippen LogP contribution in [0.15, 0.2) is 54.6 Å². The van der Waals surface area contributed by atoms with Gasteiger partial charge in [0.15, 0.2) is 5.01 Å². The van der Waals surface area contributed by atoms with Crippen molar-refractivity contribution in [1.29, 1.82) is 0 Å². The summed E-state index contributed by atoms with van der Waals surface area (Å²) in [5.41, 5.74) is 1.96. The second kappa shape index (κ2) is 11.6. The average molecular weight is 563 g/mol. The van der Waals surface area contributed by atoms with Crippen LogP contribution in [0.3, 0.4) is 0 Å². The minimum Gasteiger partial charge on any atom is -0.445 e. The second-order valence-corrected chi connectivity index (χ2v) is 10.2. The highest BCUT2D eigenvalue weighted by Gasteiger charge is 2.31. The molecule has 1 amide bonds. The number of aromatic nitrogens is 3. The van der Waals surface area contributed by atoms with Crippen molar-refractivity contribution < 1.29 is 27.1 Å². The standard InChI is InChI=1S/C26H26F4N6O2S/c27-18-12-31-10-9-20(18)33-19-7-4-8-21-17(19)11-22(36(21)15-26(28,29)30)24-35-34-23(39-24)13-32-25(37)38-14-16-5-2-1-3-6-16/h1-8,11,18,20,31,33H,9-10,12-15H2,(H,32,37)/t18-,20+/m0/s1. The molecule has 3 heterocycles. The Morgan fingerprint density at radius 3 is 2.74 bits per heavy atom. The van der Waals surface area contributed by atoms with E-state index in [0.29, 0.717) is 34.6 Å². The minimum absolute atomic E-state index is 0.00516. The van der Waals surface area contributed by atoms with E-state index >= 15 is 0 Å². The second-order valence-electron chi connectivity index (χ2n) is 9.15. The van der Waals surface area contributed by atoms with Crippen LogP contribution in [0.5, 0.6) is 0 Å². The predicted octanol–water partition coefficient (Wildman–Crippen LogP) is 5.26. The number of anilines is 1. The summed E-state index contributed by atoms with van der Waals surface area (Å²) >= 11 is 1.07. The molecule has 0 saturated carbocycles. The van der Waals surface area contributed by atoms with Crippen molar-refractivity contribution in [2.24, 2.45) is 0 Å². The molecular formula is C26H26F4N6O2S. The smallest absolute Gasteiger partial charge is 0.407 e. The van der Waals surface area contributed by atoms with Crippen LogP contribution < -0.4 is 16.0 Å². The molecule has 39 heavy (non-hydrogen) atoms. The van der Waals surface area contributed by atoms with Gasteiger partial charge in [-0.05, 0) is 36.7 Å². The Labute approximate surface area is 225 Å². The monoisotopic (exact) mass is 562 g/mol. The first-order valence-electron chi connectivity index (χ1n) is 12.3. The van der Waals surface area contributed by atoms with Gasteiger partial charge in [-0.25, -0.2) is 9.18 Å². The number of halogens is 4. The number of ether oxygens (including phenoxy) is 1. The van der Waals surface area contributed by atoms with Crippen molar-refractivity contribution in [3.8, 4) is 10.7 Å². The largest absolute Gasteiger partial charge is 0.445 e. The highest BCUT2D eigenvalue weighted by atomic mass is 32.1. The number of carbonyl (C=O) groups excluding carboxylic acids is 1. The lowest BCUT2D eigenvalue weighted by Crippen LogP contribution is -2.45. The molecule has 2 atom stereocenters. The van der Waals surface area contributed by atoms with Gasteiger partial charge < -0.3 is 25.3 Å². The van der Waals surface area contributed by atoms with E-state index in [4.69, 9.17) is 4.74 Å². The first-order valence-corrected chi connectivity index (χ1v) is 13.2. The zero-order valence-corrected chi connectivity index (χ0v) is 21.5. The molecule has 1 aliphatic heterocycles. The lowest BCUT2D eigenvalue weighted by Gasteiger charge is -2.28. The molecule has 2 aromatic carbocycles. The van der Waals surface area contributed by atoms with Gasteiger partial charge in [0.1, 0.15) is 24.3 Å². The van der Waals surface area contributed by atoms with E-state index in [1.807, 2.05) is 30.3 Å².